The standard InChI is InChI=1S/C11H16O4.K/c1-11(2,3)7-5-4-6(10(14)15)8(12)9(7)13;/h4-5,8-9,12-13H,1-3H3,(H,14,15);/t8-,9+;/m1./s1. The van der Waals surface area contributed by atoms with Gasteiger partial charge in [-0.1, -0.05) is 26.8 Å². The molecule has 0 saturated carbocycles. The van der Waals surface area contributed by atoms with Crippen molar-refractivity contribution in [3.63, 3.8) is 0 Å². The van der Waals surface area contributed by atoms with Crippen LogP contribution in [0.5, 0.6) is 0 Å². The smallest absolute Gasteiger partial charge is 0.334 e. The maximum absolute atomic E-state index is 10.7. The number of rotatable bonds is 1. The molecule has 0 unspecified atom stereocenters. The number of carbonyl (C=O) groups is 1. The zero-order chi connectivity index (χ0) is 11.8. The quantitative estimate of drug-likeness (QED) is 0.587. The predicted octanol–water partition coefficient (Wildman–Crippen LogP) is 0.324. The Morgan fingerprint density at radius 2 is 1.69 bits per heavy atom. The third-order valence-electron chi connectivity index (χ3n) is 2.49. The summed E-state index contributed by atoms with van der Waals surface area (Å²) in [5, 5.41) is 28.1. The van der Waals surface area contributed by atoms with Gasteiger partial charge < -0.3 is 15.3 Å². The molecule has 1 aliphatic carbocycles. The summed E-state index contributed by atoms with van der Waals surface area (Å²) in [5.41, 5.74) is 0.177. The third-order valence-corrected chi connectivity index (χ3v) is 2.49. The molecule has 1 radical (unpaired) electrons. The molecule has 2 atom stereocenters. The van der Waals surface area contributed by atoms with E-state index in [1.807, 2.05) is 20.8 Å². The molecule has 0 aromatic rings. The Bertz CT molecular complexity index is 338. The number of carboxylic acids is 1. The number of hydrogen-bond acceptors (Lipinski definition) is 3. The van der Waals surface area contributed by atoms with Gasteiger partial charge in [0.15, 0.2) is 0 Å². The fourth-order valence-electron chi connectivity index (χ4n) is 1.61. The van der Waals surface area contributed by atoms with E-state index in [2.05, 4.69) is 0 Å². The van der Waals surface area contributed by atoms with Crippen LogP contribution >= 0.6 is 0 Å². The Hall–Kier alpha value is 0.506. The van der Waals surface area contributed by atoms with Gasteiger partial charge in [0.05, 0.1) is 5.57 Å². The topological polar surface area (TPSA) is 77.8 Å². The Morgan fingerprint density at radius 3 is 2.06 bits per heavy atom. The van der Waals surface area contributed by atoms with Crippen LogP contribution in [0, 0.1) is 5.41 Å². The maximum atomic E-state index is 10.7. The van der Waals surface area contributed by atoms with Crippen LogP contribution in [0.15, 0.2) is 23.3 Å². The number of hydrogen-bond donors (Lipinski definition) is 3. The van der Waals surface area contributed by atoms with Crippen molar-refractivity contribution in [1.29, 1.82) is 0 Å². The van der Waals surface area contributed by atoms with Crippen LogP contribution in [0.4, 0.5) is 0 Å². The molecule has 3 N–H and O–H groups in total. The molecule has 0 fully saturated rings. The van der Waals surface area contributed by atoms with Gasteiger partial charge in [-0.15, -0.1) is 0 Å². The molecule has 0 spiro atoms. The zero-order valence-electron chi connectivity index (χ0n) is 10.1. The predicted molar refractivity (Wildman–Crippen MR) is 61.0 cm³/mol. The van der Waals surface area contributed by atoms with Gasteiger partial charge in [0, 0.05) is 51.4 Å². The summed E-state index contributed by atoms with van der Waals surface area (Å²) < 4.78 is 0. The molecule has 0 bridgehead atoms. The Balaban J connectivity index is 0.00000225. The average molecular weight is 251 g/mol. The van der Waals surface area contributed by atoms with Crippen molar-refractivity contribution in [3.8, 4) is 0 Å². The van der Waals surface area contributed by atoms with Crippen LogP contribution < -0.4 is 0 Å². The first kappa shape index (κ1) is 16.5. The van der Waals surface area contributed by atoms with Crippen molar-refractivity contribution in [1.82, 2.24) is 0 Å². The molecule has 1 rings (SSSR count). The fourth-order valence-corrected chi connectivity index (χ4v) is 1.61. The second-order valence-corrected chi connectivity index (χ2v) is 4.69. The van der Waals surface area contributed by atoms with Crippen molar-refractivity contribution < 1.29 is 20.1 Å². The van der Waals surface area contributed by atoms with Gasteiger partial charge >= 0.3 is 5.97 Å². The van der Waals surface area contributed by atoms with Crippen molar-refractivity contribution in [2.24, 2.45) is 5.41 Å². The zero-order valence-corrected chi connectivity index (χ0v) is 13.2. The summed E-state index contributed by atoms with van der Waals surface area (Å²) in [4.78, 5) is 10.7. The van der Waals surface area contributed by atoms with Crippen molar-refractivity contribution >= 4 is 57.4 Å². The van der Waals surface area contributed by atoms with Crippen LogP contribution in [0.2, 0.25) is 0 Å². The normalized spacial score (nSPS) is 25.3. The minimum atomic E-state index is -1.35. The van der Waals surface area contributed by atoms with E-state index in [4.69, 9.17) is 5.11 Å². The summed E-state index contributed by atoms with van der Waals surface area (Å²) in [7, 11) is 0. The van der Waals surface area contributed by atoms with E-state index in [9.17, 15) is 15.0 Å². The fraction of sp³-hybridized carbons (Fsp3) is 0.545. The van der Waals surface area contributed by atoms with E-state index >= 15 is 0 Å². The molecule has 85 valence electrons. The summed E-state index contributed by atoms with van der Waals surface area (Å²) in [6.07, 6.45) is 0.434. The maximum Gasteiger partial charge on any atom is 0.334 e. The second kappa shape index (κ2) is 5.91. The third kappa shape index (κ3) is 3.50. The monoisotopic (exact) mass is 251 g/mol. The molecule has 0 aromatic carbocycles. The first-order valence-electron chi connectivity index (χ1n) is 4.77. The van der Waals surface area contributed by atoms with Gasteiger partial charge in [-0.05, 0) is 17.1 Å². The first-order chi connectivity index (χ1) is 6.75. The molecule has 0 aromatic heterocycles. The van der Waals surface area contributed by atoms with Crippen LogP contribution in [0.3, 0.4) is 0 Å². The molecular weight excluding hydrogens is 235 g/mol. The van der Waals surface area contributed by atoms with Crippen LogP contribution in [0.25, 0.3) is 0 Å². The molecule has 1 aliphatic rings. The summed E-state index contributed by atoms with van der Waals surface area (Å²) in [6, 6.07) is 0. The van der Waals surface area contributed by atoms with Crippen molar-refractivity contribution in [3.05, 3.63) is 23.3 Å². The van der Waals surface area contributed by atoms with E-state index in [0.717, 1.165) is 0 Å². The van der Waals surface area contributed by atoms with Gasteiger partial charge in [-0.25, -0.2) is 4.79 Å². The SMILES string of the molecule is CC(C)(C)C1=CC=C(C(=O)O)[C@@H](O)[C@H]1O.[K]. The molecule has 5 heteroatoms. The van der Waals surface area contributed by atoms with Gasteiger partial charge in [-0.3, -0.25) is 0 Å². The molecular formula is C11H16KO4. The number of aliphatic hydroxyl groups excluding tert-OH is 2. The number of aliphatic carboxylic acids is 1. The van der Waals surface area contributed by atoms with Crippen LogP contribution in [0.1, 0.15) is 20.8 Å². The minimum absolute atomic E-state index is 0. The van der Waals surface area contributed by atoms with E-state index in [1.54, 1.807) is 6.08 Å². The second-order valence-electron chi connectivity index (χ2n) is 4.69. The van der Waals surface area contributed by atoms with E-state index < -0.39 is 18.2 Å². The van der Waals surface area contributed by atoms with Gasteiger partial charge in [0.2, 0.25) is 0 Å². The minimum Gasteiger partial charge on any atom is -0.478 e. The largest absolute Gasteiger partial charge is 0.478 e. The molecule has 0 amide bonds. The first-order valence-corrected chi connectivity index (χ1v) is 4.77. The Labute approximate surface area is 137 Å². The van der Waals surface area contributed by atoms with Gasteiger partial charge in [-0.2, -0.15) is 0 Å². The van der Waals surface area contributed by atoms with Gasteiger partial charge in [0.25, 0.3) is 0 Å². The van der Waals surface area contributed by atoms with Crippen molar-refractivity contribution in [2.45, 2.75) is 33.0 Å². The van der Waals surface area contributed by atoms with E-state index in [0.29, 0.717) is 5.57 Å². The summed E-state index contributed by atoms with van der Waals surface area (Å²) in [6.45, 7) is 5.69. The number of allylic oxidation sites excluding steroid dienone is 2. The molecule has 0 heterocycles. The summed E-state index contributed by atoms with van der Waals surface area (Å²) in [5.74, 6) is -1.20. The van der Waals surface area contributed by atoms with Crippen molar-refractivity contribution in [2.75, 3.05) is 0 Å². The van der Waals surface area contributed by atoms with Crippen LogP contribution in [-0.4, -0.2) is 84.9 Å². The number of carboxylic acid groups (broad SMARTS) is 1. The molecule has 16 heavy (non-hydrogen) atoms. The molecule has 4 nitrogen and oxygen atoms in total. The Kier molecular flexibility index (Phi) is 6.09. The van der Waals surface area contributed by atoms with E-state index in [-0.39, 0.29) is 62.4 Å². The van der Waals surface area contributed by atoms with E-state index in [1.165, 1.54) is 6.08 Å². The molecule has 0 saturated heterocycles. The number of aliphatic hydroxyl groups is 2. The van der Waals surface area contributed by atoms with Gasteiger partial charge in [0.1, 0.15) is 12.2 Å². The molecule has 0 aliphatic heterocycles. The Morgan fingerprint density at radius 1 is 1.19 bits per heavy atom. The average Bonchev–Trinajstić information content (AvgIpc) is 2.06. The summed E-state index contributed by atoms with van der Waals surface area (Å²) >= 11 is 0. The van der Waals surface area contributed by atoms with Crippen LogP contribution in [-0.2, 0) is 4.79 Å².